The molecule has 0 saturated carbocycles. The van der Waals surface area contributed by atoms with Crippen LogP contribution in [0.3, 0.4) is 0 Å². The number of piperidine rings is 1. The first-order valence-corrected chi connectivity index (χ1v) is 7.32. The predicted molar refractivity (Wildman–Crippen MR) is 76.4 cm³/mol. The number of primary amides is 1. The Labute approximate surface area is 116 Å². The number of nitrogens with zero attached hydrogens (tertiary/aromatic N) is 1. The highest BCUT2D eigenvalue weighted by Crippen LogP contribution is 2.22. The summed E-state index contributed by atoms with van der Waals surface area (Å²) in [7, 11) is 0. The minimum atomic E-state index is -0.313. The molecule has 2 amide bonds. The maximum absolute atomic E-state index is 12.2. The summed E-state index contributed by atoms with van der Waals surface area (Å²) in [5.74, 6) is -0.578. The summed E-state index contributed by atoms with van der Waals surface area (Å²) in [6.45, 7) is 2.44. The van der Waals surface area contributed by atoms with E-state index in [2.05, 4.69) is 0 Å². The van der Waals surface area contributed by atoms with Crippen molar-refractivity contribution in [1.29, 1.82) is 0 Å². The zero-order valence-electron chi connectivity index (χ0n) is 10.9. The van der Waals surface area contributed by atoms with Crippen LogP contribution in [0.4, 0.5) is 0 Å². The van der Waals surface area contributed by atoms with Gasteiger partial charge in [-0.15, -0.1) is 0 Å². The maximum atomic E-state index is 12.2. The molecule has 1 aliphatic heterocycles. The first kappa shape index (κ1) is 13.8. The van der Waals surface area contributed by atoms with E-state index in [4.69, 9.17) is 5.73 Å². The third kappa shape index (κ3) is 3.44. The Hall–Kier alpha value is -1.62. The molecule has 5 heteroatoms. The van der Waals surface area contributed by atoms with Gasteiger partial charge >= 0.3 is 0 Å². The van der Waals surface area contributed by atoms with Crippen LogP contribution in [-0.2, 0) is 9.59 Å². The van der Waals surface area contributed by atoms with Gasteiger partial charge in [0.25, 0.3) is 0 Å². The fourth-order valence-electron chi connectivity index (χ4n) is 2.28. The molecule has 102 valence electrons. The Bertz CT molecular complexity index is 482. The van der Waals surface area contributed by atoms with E-state index < -0.39 is 0 Å². The lowest BCUT2D eigenvalue weighted by Gasteiger charge is -2.36. The molecule has 2 N–H and O–H groups in total. The molecular formula is C14H18N2O2S. The van der Waals surface area contributed by atoms with Gasteiger partial charge in [0.2, 0.25) is 11.8 Å². The number of hydrogen-bond donors (Lipinski definition) is 1. The van der Waals surface area contributed by atoms with E-state index in [1.807, 2.05) is 23.8 Å². The van der Waals surface area contributed by atoms with Crippen molar-refractivity contribution in [2.75, 3.05) is 6.54 Å². The highest BCUT2D eigenvalue weighted by Gasteiger charge is 2.30. The van der Waals surface area contributed by atoms with Gasteiger partial charge < -0.3 is 10.6 Å². The van der Waals surface area contributed by atoms with Crippen LogP contribution in [0.2, 0.25) is 0 Å². The lowest BCUT2D eigenvalue weighted by atomic mass is 9.93. The summed E-state index contributed by atoms with van der Waals surface area (Å²) >= 11 is 1.59. The van der Waals surface area contributed by atoms with E-state index in [0.717, 1.165) is 18.4 Å². The SMILES string of the molecule is C[C@@H]1CC[C@H](C(N)=O)CN1C(=O)/C=C\c1ccsc1. The van der Waals surface area contributed by atoms with Crippen molar-refractivity contribution < 1.29 is 9.59 Å². The molecule has 0 aliphatic carbocycles. The lowest BCUT2D eigenvalue weighted by Crippen LogP contribution is -2.48. The van der Waals surface area contributed by atoms with Gasteiger partial charge in [-0.25, -0.2) is 0 Å². The normalized spacial score (nSPS) is 23.7. The van der Waals surface area contributed by atoms with Gasteiger partial charge in [-0.2, -0.15) is 11.3 Å². The molecule has 2 atom stereocenters. The van der Waals surface area contributed by atoms with Gasteiger partial charge in [0.1, 0.15) is 0 Å². The highest BCUT2D eigenvalue weighted by atomic mass is 32.1. The third-order valence-corrected chi connectivity index (χ3v) is 4.23. The highest BCUT2D eigenvalue weighted by molar-refractivity contribution is 7.08. The van der Waals surface area contributed by atoms with E-state index in [9.17, 15) is 9.59 Å². The van der Waals surface area contributed by atoms with Gasteiger partial charge in [0.05, 0.1) is 5.92 Å². The van der Waals surface area contributed by atoms with Crippen LogP contribution in [0.1, 0.15) is 25.3 Å². The second-order valence-electron chi connectivity index (χ2n) is 4.91. The number of likely N-dealkylation sites (tertiary alicyclic amines) is 1. The lowest BCUT2D eigenvalue weighted by molar-refractivity contribution is -0.133. The van der Waals surface area contributed by atoms with Crippen LogP contribution in [0.25, 0.3) is 6.08 Å². The van der Waals surface area contributed by atoms with E-state index in [1.165, 1.54) is 0 Å². The Morgan fingerprint density at radius 2 is 2.26 bits per heavy atom. The summed E-state index contributed by atoms with van der Waals surface area (Å²) < 4.78 is 0. The summed E-state index contributed by atoms with van der Waals surface area (Å²) in [5.41, 5.74) is 6.36. The third-order valence-electron chi connectivity index (χ3n) is 3.53. The molecule has 0 bridgehead atoms. The smallest absolute Gasteiger partial charge is 0.246 e. The minimum absolute atomic E-state index is 0.0512. The number of hydrogen-bond acceptors (Lipinski definition) is 3. The number of thiophene rings is 1. The summed E-state index contributed by atoms with van der Waals surface area (Å²) in [4.78, 5) is 25.1. The van der Waals surface area contributed by atoms with Crippen molar-refractivity contribution in [3.05, 3.63) is 28.5 Å². The van der Waals surface area contributed by atoms with Crippen molar-refractivity contribution in [2.24, 2.45) is 11.7 Å². The van der Waals surface area contributed by atoms with Crippen molar-refractivity contribution in [1.82, 2.24) is 4.90 Å². The average Bonchev–Trinajstić information content (AvgIpc) is 2.89. The predicted octanol–water partition coefficient (Wildman–Crippen LogP) is 1.87. The average molecular weight is 278 g/mol. The van der Waals surface area contributed by atoms with E-state index in [-0.39, 0.29) is 23.8 Å². The monoisotopic (exact) mass is 278 g/mol. The molecule has 1 saturated heterocycles. The van der Waals surface area contributed by atoms with Gasteiger partial charge in [0.15, 0.2) is 0 Å². The molecule has 0 radical (unpaired) electrons. The van der Waals surface area contributed by atoms with Gasteiger partial charge in [-0.1, -0.05) is 0 Å². The number of amides is 2. The van der Waals surface area contributed by atoms with Crippen LogP contribution in [-0.4, -0.2) is 29.3 Å². The molecule has 0 aromatic carbocycles. The first-order chi connectivity index (χ1) is 9.08. The molecule has 1 aliphatic rings. The topological polar surface area (TPSA) is 63.4 Å². The van der Waals surface area contributed by atoms with Crippen LogP contribution in [0.5, 0.6) is 0 Å². The fraction of sp³-hybridized carbons (Fsp3) is 0.429. The summed E-state index contributed by atoms with van der Waals surface area (Å²) in [6.07, 6.45) is 4.97. The van der Waals surface area contributed by atoms with Gasteiger partial charge in [-0.3, -0.25) is 9.59 Å². The van der Waals surface area contributed by atoms with Gasteiger partial charge in [0, 0.05) is 18.7 Å². The summed E-state index contributed by atoms with van der Waals surface area (Å²) in [6, 6.07) is 2.12. The second-order valence-corrected chi connectivity index (χ2v) is 5.69. The molecule has 0 unspecified atom stereocenters. The molecule has 2 rings (SSSR count). The van der Waals surface area contributed by atoms with Gasteiger partial charge in [-0.05, 0) is 48.2 Å². The van der Waals surface area contributed by atoms with Crippen molar-refractivity contribution in [2.45, 2.75) is 25.8 Å². The molecule has 1 fully saturated rings. The quantitative estimate of drug-likeness (QED) is 0.858. The Kier molecular flexibility index (Phi) is 4.37. The molecular weight excluding hydrogens is 260 g/mol. The maximum Gasteiger partial charge on any atom is 0.246 e. The van der Waals surface area contributed by atoms with Crippen molar-refractivity contribution >= 4 is 29.2 Å². The Balaban J connectivity index is 2.02. The van der Waals surface area contributed by atoms with Crippen LogP contribution in [0, 0.1) is 5.92 Å². The molecule has 0 spiro atoms. The largest absolute Gasteiger partial charge is 0.369 e. The van der Waals surface area contributed by atoms with Crippen molar-refractivity contribution in [3.63, 3.8) is 0 Å². The zero-order valence-corrected chi connectivity index (χ0v) is 11.7. The van der Waals surface area contributed by atoms with E-state index >= 15 is 0 Å². The molecule has 19 heavy (non-hydrogen) atoms. The number of rotatable bonds is 3. The number of carbonyl (C=O) groups is 2. The molecule has 1 aromatic rings. The fourth-order valence-corrected chi connectivity index (χ4v) is 2.91. The molecule has 2 heterocycles. The van der Waals surface area contributed by atoms with Crippen LogP contribution in [0.15, 0.2) is 22.9 Å². The van der Waals surface area contributed by atoms with Crippen molar-refractivity contribution in [3.8, 4) is 0 Å². The Morgan fingerprint density at radius 3 is 2.89 bits per heavy atom. The summed E-state index contributed by atoms with van der Waals surface area (Å²) in [5, 5.41) is 3.95. The second kappa shape index (κ2) is 6.02. The zero-order chi connectivity index (χ0) is 13.8. The minimum Gasteiger partial charge on any atom is -0.369 e. The Morgan fingerprint density at radius 1 is 1.47 bits per heavy atom. The van der Waals surface area contributed by atoms with E-state index in [1.54, 1.807) is 28.4 Å². The number of carbonyl (C=O) groups excluding carboxylic acids is 2. The number of nitrogens with two attached hydrogens (primary N) is 1. The van der Waals surface area contributed by atoms with Crippen LogP contribution >= 0.6 is 11.3 Å². The first-order valence-electron chi connectivity index (χ1n) is 6.38. The molecule has 4 nitrogen and oxygen atoms in total. The standard InChI is InChI=1S/C14H18N2O2S/c1-10-2-4-12(14(15)18)8-16(10)13(17)5-3-11-6-7-19-9-11/h3,5-7,9-10,12H,2,4,8H2,1H3,(H2,15,18)/b5-3-/t10-,12+/m1/s1. The van der Waals surface area contributed by atoms with E-state index in [0.29, 0.717) is 6.54 Å². The molecule has 1 aromatic heterocycles. The van der Waals surface area contributed by atoms with Crippen LogP contribution < -0.4 is 5.73 Å².